The topological polar surface area (TPSA) is 75.6 Å². The number of carboxylic acids is 1. The Labute approximate surface area is 137 Å². The molecule has 1 amide bonds. The monoisotopic (exact) mass is 319 g/mol. The summed E-state index contributed by atoms with van der Waals surface area (Å²) in [6.07, 6.45) is 1.93. The molecule has 1 fully saturated rings. The first kappa shape index (κ1) is 17.5. The largest absolute Gasteiger partial charge is 0.481 e. The van der Waals surface area contributed by atoms with E-state index >= 15 is 0 Å². The van der Waals surface area contributed by atoms with E-state index in [9.17, 15) is 14.7 Å². The predicted molar refractivity (Wildman–Crippen MR) is 87.4 cm³/mol. The molecule has 1 aliphatic heterocycles. The molecule has 0 radical (unpaired) electrons. The maximum atomic E-state index is 12.1. The molecule has 0 bridgehead atoms. The van der Waals surface area contributed by atoms with Crippen molar-refractivity contribution >= 4 is 11.9 Å². The minimum absolute atomic E-state index is 0.0999. The summed E-state index contributed by atoms with van der Waals surface area (Å²) in [5, 5.41) is 12.3. The summed E-state index contributed by atoms with van der Waals surface area (Å²) in [6, 6.07) is 6.20. The van der Waals surface area contributed by atoms with Gasteiger partial charge in [0.25, 0.3) is 0 Å². The number of aryl methyl sites for hydroxylation is 3. The summed E-state index contributed by atoms with van der Waals surface area (Å²) in [7, 11) is 0. The van der Waals surface area contributed by atoms with Crippen molar-refractivity contribution in [2.24, 2.45) is 5.41 Å². The molecule has 1 aromatic carbocycles. The van der Waals surface area contributed by atoms with Gasteiger partial charge in [0.2, 0.25) is 5.91 Å². The smallest absolute Gasteiger partial charge is 0.311 e. The maximum Gasteiger partial charge on any atom is 0.311 e. The number of benzene rings is 1. The number of ether oxygens (including phenoxy) is 1. The molecule has 1 heterocycles. The van der Waals surface area contributed by atoms with Gasteiger partial charge < -0.3 is 15.2 Å². The van der Waals surface area contributed by atoms with Gasteiger partial charge in [-0.3, -0.25) is 9.59 Å². The molecule has 1 aromatic rings. The SMILES string of the molecule is Cc1ccc(CCC(=O)NCC2(C(=O)O)CCOCC2)c(C)c1. The van der Waals surface area contributed by atoms with Gasteiger partial charge in [-0.15, -0.1) is 0 Å². The zero-order valence-electron chi connectivity index (χ0n) is 13.9. The first-order valence-electron chi connectivity index (χ1n) is 8.07. The van der Waals surface area contributed by atoms with Crippen LogP contribution in [0.3, 0.4) is 0 Å². The standard InChI is InChI=1S/C18H25NO4/c1-13-3-4-15(14(2)11-13)5-6-16(20)19-12-18(17(21)22)7-9-23-10-8-18/h3-4,11H,5-10,12H2,1-2H3,(H,19,20)(H,21,22). The van der Waals surface area contributed by atoms with Crippen molar-refractivity contribution in [3.8, 4) is 0 Å². The molecule has 0 atom stereocenters. The van der Waals surface area contributed by atoms with Crippen LogP contribution in [-0.2, 0) is 20.7 Å². The average molecular weight is 319 g/mol. The van der Waals surface area contributed by atoms with E-state index in [0.29, 0.717) is 38.9 Å². The van der Waals surface area contributed by atoms with Gasteiger partial charge in [-0.1, -0.05) is 23.8 Å². The zero-order chi connectivity index (χ0) is 16.9. The van der Waals surface area contributed by atoms with Gasteiger partial charge in [0.05, 0.1) is 5.41 Å². The second-order valence-electron chi connectivity index (χ2n) is 6.40. The molecule has 0 aromatic heterocycles. The molecule has 0 saturated carbocycles. The van der Waals surface area contributed by atoms with Gasteiger partial charge in [-0.25, -0.2) is 0 Å². The summed E-state index contributed by atoms with van der Waals surface area (Å²) >= 11 is 0. The summed E-state index contributed by atoms with van der Waals surface area (Å²) in [5.74, 6) is -0.951. The Kier molecular flexibility index (Phi) is 5.77. The molecule has 0 aliphatic carbocycles. The molecule has 2 N–H and O–H groups in total. The minimum Gasteiger partial charge on any atom is -0.481 e. The Bertz CT molecular complexity index is 576. The second kappa shape index (κ2) is 7.59. The Hall–Kier alpha value is -1.88. The first-order valence-corrected chi connectivity index (χ1v) is 8.07. The molecule has 0 spiro atoms. The Morgan fingerprint density at radius 1 is 1.26 bits per heavy atom. The average Bonchev–Trinajstić information content (AvgIpc) is 2.53. The van der Waals surface area contributed by atoms with E-state index in [1.807, 2.05) is 19.9 Å². The Morgan fingerprint density at radius 3 is 2.57 bits per heavy atom. The molecule has 126 valence electrons. The summed E-state index contributed by atoms with van der Waals surface area (Å²) in [6.45, 7) is 5.14. The lowest BCUT2D eigenvalue weighted by Crippen LogP contribution is -2.46. The van der Waals surface area contributed by atoms with E-state index in [4.69, 9.17) is 4.74 Å². The number of hydrogen-bond acceptors (Lipinski definition) is 3. The van der Waals surface area contributed by atoms with Crippen LogP contribution >= 0.6 is 0 Å². The second-order valence-corrected chi connectivity index (χ2v) is 6.40. The lowest BCUT2D eigenvalue weighted by atomic mass is 9.80. The van der Waals surface area contributed by atoms with Crippen LogP contribution in [-0.4, -0.2) is 36.7 Å². The van der Waals surface area contributed by atoms with Gasteiger partial charge in [0.15, 0.2) is 0 Å². The number of carbonyl (C=O) groups excluding carboxylic acids is 1. The highest BCUT2D eigenvalue weighted by Gasteiger charge is 2.40. The molecule has 23 heavy (non-hydrogen) atoms. The summed E-state index contributed by atoms with van der Waals surface area (Å²) in [4.78, 5) is 23.6. The van der Waals surface area contributed by atoms with Crippen LogP contribution in [0.15, 0.2) is 18.2 Å². The quantitative estimate of drug-likeness (QED) is 0.843. The van der Waals surface area contributed by atoms with E-state index in [1.165, 1.54) is 11.1 Å². The number of carboxylic acid groups (broad SMARTS) is 1. The van der Waals surface area contributed by atoms with Gasteiger partial charge in [-0.2, -0.15) is 0 Å². The number of hydrogen-bond donors (Lipinski definition) is 2. The van der Waals surface area contributed by atoms with Crippen molar-refractivity contribution in [3.63, 3.8) is 0 Å². The van der Waals surface area contributed by atoms with E-state index in [2.05, 4.69) is 17.4 Å². The van der Waals surface area contributed by atoms with Crippen LogP contribution in [0.4, 0.5) is 0 Å². The third-order valence-corrected chi connectivity index (χ3v) is 4.65. The normalized spacial score (nSPS) is 16.8. The molecular weight excluding hydrogens is 294 g/mol. The van der Waals surface area contributed by atoms with Crippen molar-refractivity contribution in [1.82, 2.24) is 5.32 Å². The van der Waals surface area contributed by atoms with Crippen LogP contribution in [0.25, 0.3) is 0 Å². The van der Waals surface area contributed by atoms with Crippen LogP contribution in [0.2, 0.25) is 0 Å². The highest BCUT2D eigenvalue weighted by atomic mass is 16.5. The maximum absolute atomic E-state index is 12.1. The van der Waals surface area contributed by atoms with Crippen LogP contribution < -0.4 is 5.32 Å². The van der Waals surface area contributed by atoms with Crippen LogP contribution in [0, 0.1) is 19.3 Å². The summed E-state index contributed by atoms with van der Waals surface area (Å²) < 4.78 is 5.23. The van der Waals surface area contributed by atoms with Crippen molar-refractivity contribution in [2.45, 2.75) is 39.5 Å². The molecule has 1 aliphatic rings. The van der Waals surface area contributed by atoms with E-state index in [0.717, 1.165) is 5.56 Å². The first-order chi connectivity index (χ1) is 10.9. The molecule has 2 rings (SSSR count). The van der Waals surface area contributed by atoms with Gasteiger partial charge in [0, 0.05) is 26.2 Å². The minimum atomic E-state index is -0.881. The van der Waals surface area contributed by atoms with Crippen LogP contribution in [0.5, 0.6) is 0 Å². The number of aliphatic carboxylic acids is 1. The predicted octanol–water partition coefficient (Wildman–Crippen LogP) is 2.23. The molecule has 5 heteroatoms. The molecular formula is C18H25NO4. The van der Waals surface area contributed by atoms with Crippen molar-refractivity contribution in [1.29, 1.82) is 0 Å². The lowest BCUT2D eigenvalue weighted by molar-refractivity contribution is -0.154. The van der Waals surface area contributed by atoms with E-state index in [1.54, 1.807) is 0 Å². The lowest BCUT2D eigenvalue weighted by Gasteiger charge is -2.33. The van der Waals surface area contributed by atoms with Crippen LogP contribution in [0.1, 0.15) is 36.0 Å². The molecule has 0 unspecified atom stereocenters. The van der Waals surface area contributed by atoms with Crippen molar-refractivity contribution in [3.05, 3.63) is 34.9 Å². The number of carbonyl (C=O) groups is 2. The third-order valence-electron chi connectivity index (χ3n) is 4.65. The number of nitrogens with one attached hydrogen (secondary N) is 1. The molecule has 1 saturated heterocycles. The fraction of sp³-hybridized carbons (Fsp3) is 0.556. The zero-order valence-corrected chi connectivity index (χ0v) is 13.9. The number of amides is 1. The molecule has 5 nitrogen and oxygen atoms in total. The fourth-order valence-corrected chi connectivity index (χ4v) is 2.96. The van der Waals surface area contributed by atoms with Gasteiger partial charge in [0.1, 0.15) is 0 Å². The third kappa shape index (κ3) is 4.55. The highest BCUT2D eigenvalue weighted by molar-refractivity contribution is 5.79. The fourth-order valence-electron chi connectivity index (χ4n) is 2.96. The number of rotatable bonds is 6. The Balaban J connectivity index is 1.85. The summed E-state index contributed by atoms with van der Waals surface area (Å²) in [5.41, 5.74) is 2.67. The highest BCUT2D eigenvalue weighted by Crippen LogP contribution is 2.30. The van der Waals surface area contributed by atoms with E-state index in [-0.39, 0.29) is 12.5 Å². The van der Waals surface area contributed by atoms with Crippen molar-refractivity contribution < 1.29 is 19.4 Å². The van der Waals surface area contributed by atoms with Gasteiger partial charge >= 0.3 is 5.97 Å². The van der Waals surface area contributed by atoms with Gasteiger partial charge in [-0.05, 0) is 44.2 Å². The van der Waals surface area contributed by atoms with E-state index < -0.39 is 11.4 Å². The van der Waals surface area contributed by atoms with Crippen molar-refractivity contribution in [2.75, 3.05) is 19.8 Å². The Morgan fingerprint density at radius 2 is 1.96 bits per heavy atom.